The first-order valence-electron chi connectivity index (χ1n) is 7.96. The van der Waals surface area contributed by atoms with E-state index >= 15 is 0 Å². The van der Waals surface area contributed by atoms with Crippen molar-refractivity contribution >= 4 is 11.6 Å². The van der Waals surface area contributed by atoms with Crippen molar-refractivity contribution in [3.05, 3.63) is 34.6 Å². The molecule has 0 aliphatic carbocycles. The SMILES string of the molecule is CCC1CNC(CC)(CC)CN1Cc1ccc(Cl)c(F)c1. The van der Waals surface area contributed by atoms with Gasteiger partial charge < -0.3 is 5.32 Å². The molecule has 0 aromatic heterocycles. The number of piperazine rings is 1. The standard InChI is InChI=1S/C17H26ClFN2/c1-4-14-10-20-17(5-2,6-3)12-21(14)11-13-7-8-15(18)16(19)9-13/h7-9,14,20H,4-6,10-12H2,1-3H3. The number of nitrogens with zero attached hydrogens (tertiary/aromatic N) is 1. The van der Waals surface area contributed by atoms with Gasteiger partial charge in [0.25, 0.3) is 0 Å². The first-order valence-corrected chi connectivity index (χ1v) is 8.34. The van der Waals surface area contributed by atoms with E-state index in [9.17, 15) is 4.39 Å². The Morgan fingerprint density at radius 3 is 2.62 bits per heavy atom. The van der Waals surface area contributed by atoms with Crippen LogP contribution in [0, 0.1) is 5.82 Å². The largest absolute Gasteiger partial charge is 0.308 e. The lowest BCUT2D eigenvalue weighted by Crippen LogP contribution is -2.63. The zero-order valence-corrected chi connectivity index (χ0v) is 14.0. The van der Waals surface area contributed by atoms with Crippen molar-refractivity contribution < 1.29 is 4.39 Å². The van der Waals surface area contributed by atoms with Crippen LogP contribution in [0.1, 0.15) is 45.6 Å². The summed E-state index contributed by atoms with van der Waals surface area (Å²) in [5.41, 5.74) is 1.19. The average molecular weight is 313 g/mol. The maximum Gasteiger partial charge on any atom is 0.142 e. The Hall–Kier alpha value is -0.640. The van der Waals surface area contributed by atoms with Crippen LogP contribution in [0.2, 0.25) is 5.02 Å². The maximum atomic E-state index is 13.6. The van der Waals surface area contributed by atoms with E-state index in [2.05, 4.69) is 31.0 Å². The van der Waals surface area contributed by atoms with Crippen LogP contribution in [0.5, 0.6) is 0 Å². The van der Waals surface area contributed by atoms with E-state index in [-0.39, 0.29) is 16.4 Å². The van der Waals surface area contributed by atoms with Gasteiger partial charge in [0.2, 0.25) is 0 Å². The molecule has 2 rings (SSSR count). The van der Waals surface area contributed by atoms with Crippen LogP contribution in [0.3, 0.4) is 0 Å². The summed E-state index contributed by atoms with van der Waals surface area (Å²) in [7, 11) is 0. The molecule has 0 radical (unpaired) electrons. The van der Waals surface area contributed by atoms with Gasteiger partial charge in [-0.25, -0.2) is 4.39 Å². The molecule has 1 aromatic carbocycles. The maximum absolute atomic E-state index is 13.6. The van der Waals surface area contributed by atoms with Crippen molar-refractivity contribution in [3.63, 3.8) is 0 Å². The van der Waals surface area contributed by atoms with Crippen molar-refractivity contribution in [2.24, 2.45) is 0 Å². The summed E-state index contributed by atoms with van der Waals surface area (Å²) in [5.74, 6) is -0.324. The summed E-state index contributed by atoms with van der Waals surface area (Å²) in [6.45, 7) is 9.51. The van der Waals surface area contributed by atoms with E-state index in [0.29, 0.717) is 6.04 Å². The molecule has 0 spiro atoms. The topological polar surface area (TPSA) is 15.3 Å². The van der Waals surface area contributed by atoms with Crippen LogP contribution < -0.4 is 5.32 Å². The number of rotatable bonds is 5. The van der Waals surface area contributed by atoms with Crippen molar-refractivity contribution in [2.45, 2.75) is 58.2 Å². The van der Waals surface area contributed by atoms with Gasteiger partial charge in [-0.2, -0.15) is 0 Å². The average Bonchev–Trinajstić information content (AvgIpc) is 2.51. The predicted molar refractivity (Wildman–Crippen MR) is 87.2 cm³/mol. The van der Waals surface area contributed by atoms with Gasteiger partial charge >= 0.3 is 0 Å². The fraction of sp³-hybridized carbons (Fsp3) is 0.647. The number of nitrogens with one attached hydrogen (secondary N) is 1. The molecule has 1 N–H and O–H groups in total. The van der Waals surface area contributed by atoms with Gasteiger partial charge in [0.15, 0.2) is 0 Å². The molecule has 1 fully saturated rings. The van der Waals surface area contributed by atoms with Crippen LogP contribution in [0.25, 0.3) is 0 Å². The lowest BCUT2D eigenvalue weighted by atomic mass is 9.88. The van der Waals surface area contributed by atoms with Crippen molar-refractivity contribution in [1.29, 1.82) is 0 Å². The Kier molecular flexibility index (Phi) is 5.64. The molecule has 1 heterocycles. The molecule has 0 amide bonds. The van der Waals surface area contributed by atoms with Crippen molar-refractivity contribution in [3.8, 4) is 0 Å². The van der Waals surface area contributed by atoms with E-state index in [1.807, 2.05) is 6.07 Å². The molecule has 4 heteroatoms. The van der Waals surface area contributed by atoms with E-state index in [4.69, 9.17) is 11.6 Å². The lowest BCUT2D eigenvalue weighted by molar-refractivity contribution is 0.0643. The molecule has 1 atom stereocenters. The molecule has 21 heavy (non-hydrogen) atoms. The van der Waals surface area contributed by atoms with Gasteiger partial charge in [-0.15, -0.1) is 0 Å². The summed E-state index contributed by atoms with van der Waals surface area (Å²) in [6, 6.07) is 5.66. The van der Waals surface area contributed by atoms with Crippen molar-refractivity contribution in [1.82, 2.24) is 10.2 Å². The van der Waals surface area contributed by atoms with Gasteiger partial charge in [0.1, 0.15) is 5.82 Å². The molecule has 1 aromatic rings. The molecule has 1 unspecified atom stereocenters. The fourth-order valence-corrected chi connectivity index (χ4v) is 3.34. The van der Waals surface area contributed by atoms with Crippen molar-refractivity contribution in [2.75, 3.05) is 13.1 Å². The second-order valence-electron chi connectivity index (χ2n) is 6.08. The van der Waals surface area contributed by atoms with E-state index in [1.165, 1.54) is 0 Å². The number of halogens is 2. The molecular weight excluding hydrogens is 287 g/mol. The van der Waals surface area contributed by atoms with Gasteiger partial charge in [-0.3, -0.25) is 4.90 Å². The molecule has 118 valence electrons. The summed E-state index contributed by atoms with van der Waals surface area (Å²) in [4.78, 5) is 2.49. The van der Waals surface area contributed by atoms with Gasteiger partial charge in [0.05, 0.1) is 5.02 Å². The Labute approximate surface area is 132 Å². The minimum atomic E-state index is -0.324. The van der Waals surface area contributed by atoms with E-state index in [0.717, 1.165) is 44.5 Å². The van der Waals surface area contributed by atoms with Crippen LogP contribution >= 0.6 is 11.6 Å². The Morgan fingerprint density at radius 1 is 1.33 bits per heavy atom. The normalized spacial score (nSPS) is 22.4. The summed E-state index contributed by atoms with van der Waals surface area (Å²) >= 11 is 5.77. The third-order valence-corrected chi connectivity index (χ3v) is 5.24. The molecule has 0 bridgehead atoms. The highest BCUT2D eigenvalue weighted by Gasteiger charge is 2.35. The highest BCUT2D eigenvalue weighted by atomic mass is 35.5. The third-order valence-electron chi connectivity index (χ3n) is 4.93. The van der Waals surface area contributed by atoms with Gasteiger partial charge in [-0.1, -0.05) is 38.4 Å². The summed E-state index contributed by atoms with van der Waals surface area (Å²) < 4.78 is 13.6. The monoisotopic (exact) mass is 312 g/mol. The molecular formula is C17H26ClFN2. The number of hydrogen-bond acceptors (Lipinski definition) is 2. The molecule has 2 nitrogen and oxygen atoms in total. The van der Waals surface area contributed by atoms with Gasteiger partial charge in [0, 0.05) is 31.2 Å². The zero-order valence-electron chi connectivity index (χ0n) is 13.3. The van der Waals surface area contributed by atoms with E-state index < -0.39 is 0 Å². The minimum Gasteiger partial charge on any atom is -0.308 e. The highest BCUT2D eigenvalue weighted by Crippen LogP contribution is 2.26. The second-order valence-corrected chi connectivity index (χ2v) is 6.49. The van der Waals surface area contributed by atoms with E-state index in [1.54, 1.807) is 12.1 Å². The van der Waals surface area contributed by atoms with Crippen LogP contribution in [-0.2, 0) is 6.54 Å². The lowest BCUT2D eigenvalue weighted by Gasteiger charge is -2.47. The number of benzene rings is 1. The first-order chi connectivity index (χ1) is 10.0. The Balaban J connectivity index is 2.15. The fourth-order valence-electron chi connectivity index (χ4n) is 3.22. The smallest absolute Gasteiger partial charge is 0.142 e. The summed E-state index contributed by atoms with van der Waals surface area (Å²) in [6.07, 6.45) is 3.34. The zero-order chi connectivity index (χ0) is 15.5. The Bertz CT molecular complexity index is 474. The molecule has 1 aliphatic heterocycles. The predicted octanol–water partition coefficient (Wildman–Crippen LogP) is 4.22. The second kappa shape index (κ2) is 7.08. The highest BCUT2D eigenvalue weighted by molar-refractivity contribution is 6.30. The summed E-state index contributed by atoms with van der Waals surface area (Å²) in [5, 5.41) is 3.93. The third kappa shape index (κ3) is 3.77. The number of hydrogen-bond donors (Lipinski definition) is 1. The first kappa shape index (κ1) is 16.7. The van der Waals surface area contributed by atoms with Crippen LogP contribution in [0.4, 0.5) is 4.39 Å². The van der Waals surface area contributed by atoms with Crippen LogP contribution in [-0.4, -0.2) is 29.6 Å². The minimum absolute atomic E-state index is 0.191. The quantitative estimate of drug-likeness (QED) is 0.875. The van der Waals surface area contributed by atoms with Gasteiger partial charge in [-0.05, 0) is 37.0 Å². The molecule has 1 saturated heterocycles. The molecule has 0 saturated carbocycles. The Morgan fingerprint density at radius 2 is 2.05 bits per heavy atom. The van der Waals surface area contributed by atoms with Crippen LogP contribution in [0.15, 0.2) is 18.2 Å². The molecule has 1 aliphatic rings.